The molecule has 0 amide bonds. The lowest BCUT2D eigenvalue weighted by Crippen LogP contribution is -2.06. The predicted octanol–water partition coefficient (Wildman–Crippen LogP) is -0.571. The van der Waals surface area contributed by atoms with E-state index in [-0.39, 0.29) is 12.2 Å². The van der Waals surface area contributed by atoms with Gasteiger partial charge in [0.15, 0.2) is 0 Å². The molecule has 1 atom stereocenters. The summed E-state index contributed by atoms with van der Waals surface area (Å²) in [5, 5.41) is 0. The molecular weight excluding hydrogens is 144 g/mol. The summed E-state index contributed by atoms with van der Waals surface area (Å²) in [5.74, 6) is -0.661. The highest BCUT2D eigenvalue weighted by Crippen LogP contribution is 1.85. The van der Waals surface area contributed by atoms with E-state index in [0.29, 0.717) is 0 Å². The molecule has 0 aliphatic rings. The molecule has 0 saturated heterocycles. The van der Waals surface area contributed by atoms with Crippen molar-refractivity contribution in [2.45, 2.75) is 6.42 Å². The van der Waals surface area contributed by atoms with Gasteiger partial charge >= 0.3 is 5.97 Å². The number of hydrogen-bond donors (Lipinski definition) is 0. The minimum absolute atomic E-state index is 0.0629. The van der Waals surface area contributed by atoms with Gasteiger partial charge in [-0.05, 0) is 0 Å². The maximum Gasteiger partial charge on any atom is 0.306 e. The molecule has 0 heterocycles. The van der Waals surface area contributed by atoms with Crippen LogP contribution in [0.4, 0.5) is 0 Å². The topological polar surface area (TPSA) is 66.4 Å². The zero-order valence-electron chi connectivity index (χ0n) is 4.96. The maximum absolute atomic E-state index is 10.2. The fraction of sp³-hybridized carbons (Fsp3) is 0.750. The Hall–Kier alpha value is -0.420. The zero-order valence-corrected chi connectivity index (χ0v) is 5.77. The van der Waals surface area contributed by atoms with Crippen molar-refractivity contribution < 1.29 is 18.3 Å². The van der Waals surface area contributed by atoms with Crippen molar-refractivity contribution in [3.8, 4) is 0 Å². The first kappa shape index (κ1) is 8.58. The van der Waals surface area contributed by atoms with Crippen LogP contribution in [0.3, 0.4) is 0 Å². The van der Waals surface area contributed by atoms with Crippen LogP contribution in [-0.2, 0) is 20.6 Å². The van der Waals surface area contributed by atoms with E-state index in [9.17, 15) is 13.6 Å². The first-order chi connectivity index (χ1) is 4.16. The molecule has 0 aromatic heterocycles. The van der Waals surface area contributed by atoms with E-state index in [1.165, 1.54) is 7.11 Å². The van der Waals surface area contributed by atoms with E-state index in [4.69, 9.17) is 0 Å². The summed E-state index contributed by atoms with van der Waals surface area (Å²) < 4.78 is 23.8. The van der Waals surface area contributed by atoms with Gasteiger partial charge in [-0.25, -0.2) is 0 Å². The van der Waals surface area contributed by atoms with Crippen molar-refractivity contribution in [3.05, 3.63) is 0 Å². The average molecular weight is 151 g/mol. The van der Waals surface area contributed by atoms with Gasteiger partial charge in [0, 0.05) is 5.75 Å². The van der Waals surface area contributed by atoms with Crippen LogP contribution in [0.5, 0.6) is 0 Å². The zero-order chi connectivity index (χ0) is 7.28. The Balaban J connectivity index is 3.28. The van der Waals surface area contributed by atoms with Crippen molar-refractivity contribution in [3.63, 3.8) is 0 Å². The maximum atomic E-state index is 10.2. The highest BCUT2D eigenvalue weighted by molar-refractivity contribution is 7.79. The van der Waals surface area contributed by atoms with E-state index in [0.717, 1.165) is 0 Å². The molecule has 0 fully saturated rings. The molecule has 1 unspecified atom stereocenters. The summed E-state index contributed by atoms with van der Waals surface area (Å²) in [5.41, 5.74) is 0. The first-order valence-electron chi connectivity index (χ1n) is 2.29. The van der Waals surface area contributed by atoms with E-state index >= 15 is 0 Å². The fourth-order valence-electron chi connectivity index (χ4n) is 0.269. The molecule has 0 aromatic carbocycles. The lowest BCUT2D eigenvalue weighted by Gasteiger charge is -2.01. The van der Waals surface area contributed by atoms with Crippen LogP contribution in [0.25, 0.3) is 0 Å². The number of carbonyl (C=O) groups excluding carboxylic acids is 1. The highest BCUT2D eigenvalue weighted by atomic mass is 32.2. The minimum Gasteiger partial charge on any atom is -0.772 e. The third kappa shape index (κ3) is 5.45. The number of esters is 1. The smallest absolute Gasteiger partial charge is 0.306 e. The summed E-state index contributed by atoms with van der Waals surface area (Å²) in [6, 6.07) is 0. The lowest BCUT2D eigenvalue weighted by molar-refractivity contribution is -0.140. The Morgan fingerprint density at radius 2 is 2.33 bits per heavy atom. The Kier molecular flexibility index (Phi) is 4.25. The van der Waals surface area contributed by atoms with Crippen LogP contribution in [0.1, 0.15) is 6.42 Å². The SMILES string of the molecule is COC(=O)CCS(=O)[O-]. The monoisotopic (exact) mass is 151 g/mol. The largest absolute Gasteiger partial charge is 0.772 e. The summed E-state index contributed by atoms with van der Waals surface area (Å²) in [4.78, 5) is 10.2. The van der Waals surface area contributed by atoms with Gasteiger partial charge in [-0.3, -0.25) is 9.00 Å². The van der Waals surface area contributed by atoms with Crippen LogP contribution >= 0.6 is 0 Å². The van der Waals surface area contributed by atoms with Gasteiger partial charge < -0.3 is 9.29 Å². The number of ether oxygens (including phenoxy) is 1. The second-order valence-corrected chi connectivity index (χ2v) is 2.35. The molecule has 0 spiro atoms. The average Bonchev–Trinajstić information content (AvgIpc) is 1.83. The molecule has 9 heavy (non-hydrogen) atoms. The van der Waals surface area contributed by atoms with E-state index < -0.39 is 17.0 Å². The highest BCUT2D eigenvalue weighted by Gasteiger charge is 1.97. The lowest BCUT2D eigenvalue weighted by atomic mass is 10.5. The third-order valence-corrected chi connectivity index (χ3v) is 1.24. The van der Waals surface area contributed by atoms with Crippen LogP contribution in [-0.4, -0.2) is 27.6 Å². The molecule has 0 aliphatic carbocycles. The van der Waals surface area contributed by atoms with Gasteiger partial charge in [0.05, 0.1) is 13.5 Å². The Morgan fingerprint density at radius 3 is 2.67 bits per heavy atom. The molecule has 0 aliphatic heterocycles. The van der Waals surface area contributed by atoms with Gasteiger partial charge in [0.25, 0.3) is 0 Å². The second-order valence-electron chi connectivity index (χ2n) is 1.33. The molecule has 54 valence electrons. The Labute approximate surface area is 55.5 Å². The van der Waals surface area contributed by atoms with Crippen LogP contribution < -0.4 is 0 Å². The first-order valence-corrected chi connectivity index (χ1v) is 3.54. The van der Waals surface area contributed by atoms with Gasteiger partial charge in [0.2, 0.25) is 0 Å². The van der Waals surface area contributed by atoms with Crippen molar-refractivity contribution in [2.75, 3.05) is 12.9 Å². The molecule has 0 aromatic rings. The normalized spacial score (nSPS) is 12.7. The van der Waals surface area contributed by atoms with Gasteiger partial charge in [-0.1, -0.05) is 11.1 Å². The van der Waals surface area contributed by atoms with Crippen LogP contribution in [0.15, 0.2) is 0 Å². The summed E-state index contributed by atoms with van der Waals surface area (Å²) in [6.07, 6.45) is -0.0629. The van der Waals surface area contributed by atoms with Crippen molar-refractivity contribution in [1.82, 2.24) is 0 Å². The van der Waals surface area contributed by atoms with E-state index in [2.05, 4.69) is 4.74 Å². The van der Waals surface area contributed by atoms with Crippen molar-refractivity contribution in [1.29, 1.82) is 0 Å². The number of hydrogen-bond acceptors (Lipinski definition) is 4. The number of methoxy groups -OCH3 is 1. The van der Waals surface area contributed by atoms with E-state index in [1.54, 1.807) is 0 Å². The standard InChI is InChI=1S/C4H8O4S/c1-8-4(5)2-3-9(6)7/h2-3H2,1H3,(H,6,7)/p-1. The van der Waals surface area contributed by atoms with Gasteiger partial charge in [-0.15, -0.1) is 0 Å². The molecule has 5 heteroatoms. The predicted molar refractivity (Wildman–Crippen MR) is 30.4 cm³/mol. The molecule has 0 rings (SSSR count). The molecule has 4 nitrogen and oxygen atoms in total. The van der Waals surface area contributed by atoms with Crippen LogP contribution in [0.2, 0.25) is 0 Å². The Bertz CT molecular complexity index is 122. The minimum atomic E-state index is -2.14. The number of rotatable bonds is 3. The van der Waals surface area contributed by atoms with E-state index in [1.807, 2.05) is 0 Å². The quantitative estimate of drug-likeness (QED) is 0.400. The fourth-order valence-corrected chi connectivity index (χ4v) is 0.602. The second kappa shape index (κ2) is 4.46. The summed E-state index contributed by atoms with van der Waals surface area (Å²) in [6.45, 7) is 0. The van der Waals surface area contributed by atoms with Crippen LogP contribution in [0, 0.1) is 0 Å². The Morgan fingerprint density at radius 1 is 1.78 bits per heavy atom. The molecule has 0 N–H and O–H groups in total. The van der Waals surface area contributed by atoms with Crippen molar-refractivity contribution >= 4 is 17.0 Å². The number of carbonyl (C=O) groups is 1. The molecule has 0 bridgehead atoms. The van der Waals surface area contributed by atoms with Gasteiger partial charge in [0.1, 0.15) is 0 Å². The molecule has 0 radical (unpaired) electrons. The van der Waals surface area contributed by atoms with Gasteiger partial charge in [-0.2, -0.15) is 0 Å². The molecular formula is C4H7O4S-. The third-order valence-electron chi connectivity index (χ3n) is 0.701. The summed E-state index contributed by atoms with van der Waals surface area (Å²) in [7, 11) is 1.22. The summed E-state index contributed by atoms with van der Waals surface area (Å²) >= 11 is -2.14. The molecule has 0 saturated carbocycles. The van der Waals surface area contributed by atoms with Crippen molar-refractivity contribution in [2.24, 2.45) is 0 Å².